The molecule has 0 aliphatic carbocycles. The number of hydrogen-bond acceptors (Lipinski definition) is 1. The topological polar surface area (TPSA) is 9.23 Å². The van der Waals surface area contributed by atoms with Gasteiger partial charge < -0.3 is 4.74 Å². The van der Waals surface area contributed by atoms with Gasteiger partial charge in [-0.1, -0.05) is 6.92 Å². The fraction of sp³-hybridized carbons (Fsp3) is 0.750. The van der Waals surface area contributed by atoms with Crippen molar-refractivity contribution in [2.45, 2.75) is 32.8 Å². The smallest absolute Gasteiger partial charge is 0.0598 e. The van der Waals surface area contributed by atoms with Gasteiger partial charge in [0.05, 0.1) is 12.2 Å². The molecule has 54 valence electrons. The molecular formula is C8H16O. The fourth-order valence-electron chi connectivity index (χ4n) is 0.392. The summed E-state index contributed by atoms with van der Waals surface area (Å²) in [5.41, 5.74) is -0.00826. The van der Waals surface area contributed by atoms with Gasteiger partial charge in [0.1, 0.15) is 0 Å². The van der Waals surface area contributed by atoms with Gasteiger partial charge in [0, 0.05) is 0 Å². The van der Waals surface area contributed by atoms with Crippen molar-refractivity contribution in [2.24, 2.45) is 0 Å². The summed E-state index contributed by atoms with van der Waals surface area (Å²) >= 11 is 0. The molecule has 0 rings (SSSR count). The first-order valence-corrected chi connectivity index (χ1v) is 3.31. The van der Waals surface area contributed by atoms with E-state index in [1.165, 1.54) is 0 Å². The summed E-state index contributed by atoms with van der Waals surface area (Å²) in [5, 5.41) is 0. The van der Waals surface area contributed by atoms with Crippen molar-refractivity contribution in [3.63, 3.8) is 0 Å². The van der Waals surface area contributed by atoms with Crippen LogP contribution in [0.1, 0.15) is 27.2 Å². The van der Waals surface area contributed by atoms with Gasteiger partial charge in [0.2, 0.25) is 0 Å². The Balaban J connectivity index is 3.07. The van der Waals surface area contributed by atoms with Gasteiger partial charge in [0.15, 0.2) is 0 Å². The third-order valence-electron chi connectivity index (χ3n) is 0.838. The van der Waals surface area contributed by atoms with Crippen molar-refractivity contribution in [1.29, 1.82) is 0 Å². The zero-order chi connectivity index (χ0) is 7.33. The molecule has 1 nitrogen and oxygen atoms in total. The van der Waals surface area contributed by atoms with Crippen LogP contribution >= 0.6 is 0 Å². The normalized spacial score (nSPS) is 12.0. The van der Waals surface area contributed by atoms with E-state index >= 15 is 0 Å². The molecule has 0 spiro atoms. The highest BCUT2D eigenvalue weighted by molar-refractivity contribution is 4.67. The molecule has 0 aromatic rings. The monoisotopic (exact) mass is 128 g/mol. The zero-order valence-corrected chi connectivity index (χ0v) is 6.61. The van der Waals surface area contributed by atoms with Crippen LogP contribution in [-0.4, -0.2) is 12.2 Å². The molecule has 0 amide bonds. The Bertz CT molecular complexity index is 61.5. The van der Waals surface area contributed by atoms with Gasteiger partial charge in [-0.05, 0) is 33.6 Å². The standard InChI is InChI=1S/C8H16O/c1-5-6-7-9-8(2,3)4/h6H,1,5,7H2,2-4H3. The summed E-state index contributed by atoms with van der Waals surface area (Å²) in [4.78, 5) is 0. The minimum absolute atomic E-state index is 0.00826. The van der Waals surface area contributed by atoms with Crippen molar-refractivity contribution >= 4 is 0 Å². The van der Waals surface area contributed by atoms with Crippen LogP contribution in [-0.2, 0) is 4.74 Å². The Morgan fingerprint density at radius 3 is 2.33 bits per heavy atom. The summed E-state index contributed by atoms with van der Waals surface area (Å²) < 4.78 is 5.37. The first-order chi connectivity index (χ1) is 4.06. The third-order valence-corrected chi connectivity index (χ3v) is 0.838. The summed E-state index contributed by atoms with van der Waals surface area (Å²) in [6.07, 6.45) is 2.86. The predicted octanol–water partition coefficient (Wildman–Crippen LogP) is 2.23. The summed E-state index contributed by atoms with van der Waals surface area (Å²) in [6.45, 7) is 10.5. The summed E-state index contributed by atoms with van der Waals surface area (Å²) in [7, 11) is 0. The Morgan fingerprint density at radius 2 is 2.00 bits per heavy atom. The second kappa shape index (κ2) is 3.89. The van der Waals surface area contributed by atoms with Gasteiger partial charge in [-0.15, -0.1) is 0 Å². The molecular weight excluding hydrogens is 112 g/mol. The van der Waals surface area contributed by atoms with E-state index < -0.39 is 0 Å². The molecule has 0 aliphatic heterocycles. The Labute approximate surface area is 58.4 Å². The first-order valence-electron chi connectivity index (χ1n) is 3.31. The summed E-state index contributed by atoms with van der Waals surface area (Å²) in [5.74, 6) is 0. The van der Waals surface area contributed by atoms with Gasteiger partial charge in [-0.2, -0.15) is 0 Å². The van der Waals surface area contributed by atoms with E-state index in [0.29, 0.717) is 6.61 Å². The van der Waals surface area contributed by atoms with E-state index in [9.17, 15) is 0 Å². The van der Waals surface area contributed by atoms with E-state index in [2.05, 4.69) is 6.92 Å². The van der Waals surface area contributed by atoms with Crippen LogP contribution in [0.25, 0.3) is 0 Å². The molecule has 0 saturated carbocycles. The zero-order valence-electron chi connectivity index (χ0n) is 6.61. The lowest BCUT2D eigenvalue weighted by molar-refractivity contribution is 0.00921. The second-order valence-corrected chi connectivity index (χ2v) is 3.00. The van der Waals surface area contributed by atoms with Crippen molar-refractivity contribution in [3.05, 3.63) is 13.3 Å². The average Bonchev–Trinajstić information content (AvgIpc) is 1.63. The molecule has 1 heteroatoms. The van der Waals surface area contributed by atoms with Crippen molar-refractivity contribution < 1.29 is 4.74 Å². The molecule has 0 aromatic heterocycles. The van der Waals surface area contributed by atoms with Gasteiger partial charge in [-0.3, -0.25) is 0 Å². The van der Waals surface area contributed by atoms with E-state index in [1.807, 2.05) is 27.2 Å². The minimum atomic E-state index is -0.00826. The number of unbranched alkanes of at least 4 members (excludes halogenated alkanes) is 1. The Hall–Kier alpha value is -0.0400. The summed E-state index contributed by atoms with van der Waals surface area (Å²) in [6, 6.07) is 0. The maximum Gasteiger partial charge on any atom is 0.0598 e. The third kappa shape index (κ3) is 7.96. The molecule has 0 heterocycles. The Kier molecular flexibility index (Phi) is 3.87. The number of rotatable bonds is 3. The van der Waals surface area contributed by atoms with E-state index in [1.54, 1.807) is 0 Å². The average molecular weight is 128 g/mol. The fourth-order valence-corrected chi connectivity index (χ4v) is 0.392. The van der Waals surface area contributed by atoms with Crippen molar-refractivity contribution in [2.75, 3.05) is 6.61 Å². The van der Waals surface area contributed by atoms with E-state index in [4.69, 9.17) is 4.74 Å². The molecule has 0 N–H and O–H groups in total. The molecule has 0 aromatic carbocycles. The molecule has 0 aliphatic rings. The quantitative estimate of drug-likeness (QED) is 0.529. The van der Waals surface area contributed by atoms with E-state index in [0.717, 1.165) is 6.42 Å². The van der Waals surface area contributed by atoms with Crippen LogP contribution in [0.4, 0.5) is 0 Å². The molecule has 2 radical (unpaired) electrons. The second-order valence-electron chi connectivity index (χ2n) is 3.00. The van der Waals surface area contributed by atoms with Crippen LogP contribution in [0.3, 0.4) is 0 Å². The van der Waals surface area contributed by atoms with Crippen LogP contribution in [0.5, 0.6) is 0 Å². The van der Waals surface area contributed by atoms with Gasteiger partial charge in [-0.25, -0.2) is 0 Å². The van der Waals surface area contributed by atoms with E-state index in [-0.39, 0.29) is 5.60 Å². The first kappa shape index (κ1) is 8.96. The molecule has 0 unspecified atom stereocenters. The minimum Gasteiger partial charge on any atom is -0.376 e. The Morgan fingerprint density at radius 1 is 1.44 bits per heavy atom. The number of ether oxygens (including phenoxy) is 1. The molecule has 0 atom stereocenters. The molecule has 0 saturated heterocycles. The molecule has 9 heavy (non-hydrogen) atoms. The van der Waals surface area contributed by atoms with Crippen LogP contribution < -0.4 is 0 Å². The lowest BCUT2D eigenvalue weighted by atomic mass is 10.2. The van der Waals surface area contributed by atoms with Crippen LogP contribution in [0.15, 0.2) is 0 Å². The van der Waals surface area contributed by atoms with Crippen molar-refractivity contribution in [3.8, 4) is 0 Å². The highest BCUT2D eigenvalue weighted by atomic mass is 16.5. The SMILES string of the molecule is [CH2]C[CH]COC(C)(C)C. The van der Waals surface area contributed by atoms with Gasteiger partial charge in [0.25, 0.3) is 0 Å². The van der Waals surface area contributed by atoms with Crippen LogP contribution in [0.2, 0.25) is 0 Å². The highest BCUT2D eigenvalue weighted by Crippen LogP contribution is 2.06. The lowest BCUT2D eigenvalue weighted by Gasteiger charge is -2.18. The van der Waals surface area contributed by atoms with Crippen LogP contribution in [0, 0.1) is 13.3 Å². The highest BCUT2D eigenvalue weighted by Gasteiger charge is 2.07. The van der Waals surface area contributed by atoms with Gasteiger partial charge >= 0.3 is 0 Å². The molecule has 0 fully saturated rings. The molecule has 0 bridgehead atoms. The number of hydrogen-bond donors (Lipinski definition) is 0. The lowest BCUT2D eigenvalue weighted by Crippen LogP contribution is -2.19. The maximum atomic E-state index is 5.37. The maximum absolute atomic E-state index is 5.37. The largest absolute Gasteiger partial charge is 0.376 e. The predicted molar refractivity (Wildman–Crippen MR) is 40.0 cm³/mol. The van der Waals surface area contributed by atoms with Crippen molar-refractivity contribution in [1.82, 2.24) is 0 Å².